The number of carbonyl (C=O) groups is 1. The third-order valence-corrected chi connectivity index (χ3v) is 5.32. The van der Waals surface area contributed by atoms with E-state index in [1.165, 1.54) is 0 Å². The molecule has 0 bridgehead atoms. The molecular weight excluding hydrogens is 381 g/mol. The summed E-state index contributed by atoms with van der Waals surface area (Å²) in [6.45, 7) is 8.17. The molecule has 0 aliphatic carbocycles. The summed E-state index contributed by atoms with van der Waals surface area (Å²) >= 11 is 12.6. The molecule has 3 aromatic rings. The van der Waals surface area contributed by atoms with Crippen LogP contribution in [0.15, 0.2) is 36.4 Å². The molecule has 0 aliphatic rings. The molecule has 0 radical (unpaired) electrons. The molecule has 0 atom stereocenters. The van der Waals surface area contributed by atoms with Crippen molar-refractivity contribution in [2.75, 3.05) is 5.32 Å². The number of aryl methyl sites for hydroxylation is 3. The normalized spacial score (nSPS) is 10.9. The van der Waals surface area contributed by atoms with Crippen LogP contribution in [0.3, 0.4) is 0 Å². The lowest BCUT2D eigenvalue weighted by Crippen LogP contribution is -2.15. The molecular formula is C21H21Cl2N3O. The van der Waals surface area contributed by atoms with Gasteiger partial charge in [0.05, 0.1) is 23.6 Å². The molecule has 1 amide bonds. The van der Waals surface area contributed by atoms with Gasteiger partial charge in [-0.2, -0.15) is 5.10 Å². The topological polar surface area (TPSA) is 46.9 Å². The highest BCUT2D eigenvalue weighted by Crippen LogP contribution is 2.28. The fraction of sp³-hybridized carbons (Fsp3) is 0.238. The van der Waals surface area contributed by atoms with Crippen LogP contribution >= 0.6 is 23.2 Å². The zero-order valence-electron chi connectivity index (χ0n) is 15.7. The van der Waals surface area contributed by atoms with E-state index in [1.807, 2.05) is 52.0 Å². The Hall–Kier alpha value is -2.30. The molecule has 0 saturated heterocycles. The van der Waals surface area contributed by atoms with E-state index in [0.29, 0.717) is 27.8 Å². The van der Waals surface area contributed by atoms with E-state index < -0.39 is 0 Å². The van der Waals surface area contributed by atoms with Crippen molar-refractivity contribution >= 4 is 34.8 Å². The summed E-state index contributed by atoms with van der Waals surface area (Å²) < 4.78 is 1.81. The first-order chi connectivity index (χ1) is 12.8. The molecule has 0 aliphatic heterocycles. The number of anilines is 1. The molecule has 0 spiro atoms. The van der Waals surface area contributed by atoms with Gasteiger partial charge in [0.1, 0.15) is 0 Å². The Bertz CT molecular complexity index is 1000. The second-order valence-corrected chi connectivity index (χ2v) is 7.49. The van der Waals surface area contributed by atoms with Crippen LogP contribution in [0.1, 0.15) is 38.4 Å². The first-order valence-electron chi connectivity index (χ1n) is 8.63. The van der Waals surface area contributed by atoms with Crippen molar-refractivity contribution < 1.29 is 4.79 Å². The van der Waals surface area contributed by atoms with Crippen molar-refractivity contribution in [3.05, 3.63) is 80.1 Å². The van der Waals surface area contributed by atoms with E-state index in [9.17, 15) is 4.79 Å². The number of hydrogen-bond donors (Lipinski definition) is 1. The summed E-state index contributed by atoms with van der Waals surface area (Å²) in [7, 11) is 0. The smallest absolute Gasteiger partial charge is 0.256 e. The Morgan fingerprint density at radius 1 is 1.07 bits per heavy atom. The van der Waals surface area contributed by atoms with Crippen LogP contribution in [0.5, 0.6) is 0 Å². The summed E-state index contributed by atoms with van der Waals surface area (Å²) in [4.78, 5) is 12.7. The Morgan fingerprint density at radius 2 is 1.74 bits per heavy atom. The maximum Gasteiger partial charge on any atom is 0.256 e. The van der Waals surface area contributed by atoms with Gasteiger partial charge in [0, 0.05) is 21.2 Å². The van der Waals surface area contributed by atoms with Crippen LogP contribution in [-0.4, -0.2) is 15.7 Å². The maximum absolute atomic E-state index is 12.7. The minimum Gasteiger partial charge on any atom is -0.319 e. The summed E-state index contributed by atoms with van der Waals surface area (Å²) in [5.41, 5.74) is 5.83. The number of aromatic nitrogens is 2. The van der Waals surface area contributed by atoms with E-state index >= 15 is 0 Å². The standard InChI is InChI=1S/C21H21Cl2N3O/c1-12-8-9-16(13(2)10-12)21(27)24-20-14(3)25-26(15(20)4)11-17-18(22)6-5-7-19(17)23/h5-10H,11H2,1-4H3,(H,24,27). The number of nitrogens with one attached hydrogen (secondary N) is 1. The molecule has 0 unspecified atom stereocenters. The van der Waals surface area contributed by atoms with E-state index in [4.69, 9.17) is 23.2 Å². The highest BCUT2D eigenvalue weighted by Gasteiger charge is 2.18. The lowest BCUT2D eigenvalue weighted by molar-refractivity contribution is 0.102. The quantitative estimate of drug-likeness (QED) is 0.606. The van der Waals surface area contributed by atoms with Gasteiger partial charge in [-0.1, -0.05) is 47.0 Å². The first-order valence-corrected chi connectivity index (χ1v) is 9.39. The maximum atomic E-state index is 12.7. The minimum atomic E-state index is -0.144. The number of benzene rings is 2. The van der Waals surface area contributed by atoms with E-state index in [0.717, 1.165) is 28.1 Å². The molecule has 1 N–H and O–H groups in total. The molecule has 1 aromatic heterocycles. The summed E-state index contributed by atoms with van der Waals surface area (Å²) in [6, 6.07) is 11.2. The fourth-order valence-electron chi connectivity index (χ4n) is 3.11. The summed E-state index contributed by atoms with van der Waals surface area (Å²) in [6.07, 6.45) is 0. The predicted molar refractivity (Wildman–Crippen MR) is 111 cm³/mol. The van der Waals surface area contributed by atoms with Crippen molar-refractivity contribution in [1.82, 2.24) is 9.78 Å². The fourth-order valence-corrected chi connectivity index (χ4v) is 3.63. The van der Waals surface area contributed by atoms with Crippen LogP contribution in [0.2, 0.25) is 10.0 Å². The van der Waals surface area contributed by atoms with Gasteiger partial charge in [-0.3, -0.25) is 9.48 Å². The highest BCUT2D eigenvalue weighted by molar-refractivity contribution is 6.36. The van der Waals surface area contributed by atoms with Gasteiger partial charge >= 0.3 is 0 Å². The van der Waals surface area contributed by atoms with Gasteiger partial charge in [0.15, 0.2) is 0 Å². The second kappa shape index (κ2) is 7.75. The van der Waals surface area contributed by atoms with E-state index in [-0.39, 0.29) is 5.91 Å². The zero-order valence-corrected chi connectivity index (χ0v) is 17.2. The van der Waals surface area contributed by atoms with Crippen LogP contribution in [0.25, 0.3) is 0 Å². The number of nitrogens with zero attached hydrogens (tertiary/aromatic N) is 2. The molecule has 4 nitrogen and oxygen atoms in total. The van der Waals surface area contributed by atoms with Gasteiger partial charge < -0.3 is 5.32 Å². The number of carbonyl (C=O) groups excluding carboxylic acids is 1. The van der Waals surface area contributed by atoms with Crippen molar-refractivity contribution in [2.24, 2.45) is 0 Å². The number of amides is 1. The number of rotatable bonds is 4. The average Bonchev–Trinajstić information content (AvgIpc) is 2.85. The van der Waals surface area contributed by atoms with Gasteiger partial charge in [0.2, 0.25) is 0 Å². The molecule has 1 heterocycles. The van der Waals surface area contributed by atoms with Crippen LogP contribution in [0, 0.1) is 27.7 Å². The molecule has 0 saturated carbocycles. The average molecular weight is 402 g/mol. The number of halogens is 2. The van der Waals surface area contributed by atoms with Gasteiger partial charge in [-0.25, -0.2) is 0 Å². The monoisotopic (exact) mass is 401 g/mol. The molecule has 27 heavy (non-hydrogen) atoms. The van der Waals surface area contributed by atoms with Crippen molar-refractivity contribution in [3.63, 3.8) is 0 Å². The van der Waals surface area contributed by atoms with Gasteiger partial charge in [0.25, 0.3) is 5.91 Å². The molecule has 2 aromatic carbocycles. The Labute approximate surface area is 169 Å². The second-order valence-electron chi connectivity index (χ2n) is 6.68. The predicted octanol–water partition coefficient (Wildman–Crippen LogP) is 5.72. The van der Waals surface area contributed by atoms with Crippen LogP contribution in [-0.2, 0) is 6.54 Å². The largest absolute Gasteiger partial charge is 0.319 e. The van der Waals surface area contributed by atoms with Crippen molar-refractivity contribution in [1.29, 1.82) is 0 Å². The van der Waals surface area contributed by atoms with Crippen molar-refractivity contribution in [2.45, 2.75) is 34.2 Å². The molecule has 3 rings (SSSR count). The van der Waals surface area contributed by atoms with Gasteiger partial charge in [-0.05, 0) is 51.5 Å². The van der Waals surface area contributed by atoms with E-state index in [2.05, 4.69) is 10.4 Å². The number of hydrogen-bond acceptors (Lipinski definition) is 2. The van der Waals surface area contributed by atoms with Crippen LogP contribution < -0.4 is 5.32 Å². The lowest BCUT2D eigenvalue weighted by atomic mass is 10.1. The third kappa shape index (κ3) is 4.02. The highest BCUT2D eigenvalue weighted by atomic mass is 35.5. The van der Waals surface area contributed by atoms with Crippen LogP contribution in [0.4, 0.5) is 5.69 Å². The molecule has 140 valence electrons. The Morgan fingerprint density at radius 3 is 2.37 bits per heavy atom. The van der Waals surface area contributed by atoms with E-state index in [1.54, 1.807) is 16.8 Å². The molecule has 0 fully saturated rings. The first kappa shape index (κ1) is 19.5. The SMILES string of the molecule is Cc1ccc(C(=O)Nc2c(C)nn(Cc3c(Cl)cccc3Cl)c2C)c(C)c1. The summed E-state index contributed by atoms with van der Waals surface area (Å²) in [5.74, 6) is -0.144. The molecule has 6 heteroatoms. The Kier molecular flexibility index (Phi) is 5.59. The third-order valence-electron chi connectivity index (χ3n) is 4.62. The van der Waals surface area contributed by atoms with Gasteiger partial charge in [-0.15, -0.1) is 0 Å². The minimum absolute atomic E-state index is 0.144. The Balaban J connectivity index is 1.89. The zero-order chi connectivity index (χ0) is 19.7. The summed E-state index contributed by atoms with van der Waals surface area (Å²) in [5, 5.41) is 8.74. The lowest BCUT2D eigenvalue weighted by Gasteiger charge is -2.11. The van der Waals surface area contributed by atoms with Crippen molar-refractivity contribution in [3.8, 4) is 0 Å².